The number of H-pyrrole nitrogens is 1. The highest BCUT2D eigenvalue weighted by atomic mass is 16.1. The van der Waals surface area contributed by atoms with Gasteiger partial charge < -0.3 is 4.98 Å². The topological polar surface area (TPSA) is 76.5 Å². The zero-order valence-corrected chi connectivity index (χ0v) is 6.93. The molecule has 66 valence electrons. The van der Waals surface area contributed by atoms with E-state index in [0.29, 0.717) is 11.4 Å². The van der Waals surface area contributed by atoms with Gasteiger partial charge in [0.2, 0.25) is 0 Å². The Labute approximate surface area is 73.2 Å². The van der Waals surface area contributed by atoms with Crippen LogP contribution in [0.15, 0.2) is 23.4 Å². The van der Waals surface area contributed by atoms with Crippen LogP contribution in [0.5, 0.6) is 0 Å². The van der Waals surface area contributed by atoms with E-state index in [1.54, 1.807) is 7.05 Å². The lowest BCUT2D eigenvalue weighted by Gasteiger charge is -1.96. The average molecular weight is 177 g/mol. The Morgan fingerprint density at radius 3 is 3.00 bits per heavy atom. The van der Waals surface area contributed by atoms with E-state index in [1.807, 2.05) is 0 Å². The molecule has 2 aromatic heterocycles. The second-order valence-electron chi connectivity index (χ2n) is 2.51. The molecule has 6 nitrogen and oxygen atoms in total. The Morgan fingerprint density at radius 1 is 1.54 bits per heavy atom. The number of nitrogens with one attached hydrogen (secondary N) is 1. The smallest absolute Gasteiger partial charge is 0.276 e. The zero-order chi connectivity index (χ0) is 9.26. The zero-order valence-electron chi connectivity index (χ0n) is 6.93. The van der Waals surface area contributed by atoms with Crippen molar-refractivity contribution in [2.75, 3.05) is 0 Å². The highest BCUT2D eigenvalue weighted by Crippen LogP contribution is 2.06. The fourth-order valence-corrected chi connectivity index (χ4v) is 1.04. The van der Waals surface area contributed by atoms with Gasteiger partial charge in [-0.25, -0.2) is 9.67 Å². The fraction of sp³-hybridized carbons (Fsp3) is 0.143. The molecule has 0 fully saturated rings. The maximum Gasteiger partial charge on any atom is 0.276 e. The van der Waals surface area contributed by atoms with Crippen LogP contribution >= 0.6 is 0 Å². The van der Waals surface area contributed by atoms with E-state index in [4.69, 9.17) is 0 Å². The Bertz CT molecular complexity index is 471. The molecule has 0 saturated heterocycles. The predicted octanol–water partition coefficient (Wildman–Crippen LogP) is -0.435. The SMILES string of the molecule is Cn1nncc1-c1ncc[nH]c1=O. The number of rotatable bonds is 1. The van der Waals surface area contributed by atoms with Gasteiger partial charge in [-0.15, -0.1) is 5.10 Å². The van der Waals surface area contributed by atoms with Crippen LogP contribution in [-0.4, -0.2) is 25.0 Å². The van der Waals surface area contributed by atoms with Crippen LogP contribution in [-0.2, 0) is 7.05 Å². The van der Waals surface area contributed by atoms with E-state index in [0.717, 1.165) is 0 Å². The van der Waals surface area contributed by atoms with Crippen molar-refractivity contribution in [3.05, 3.63) is 28.9 Å². The summed E-state index contributed by atoms with van der Waals surface area (Å²) >= 11 is 0. The third kappa shape index (κ3) is 1.22. The molecule has 0 aliphatic rings. The molecule has 0 spiro atoms. The standard InChI is InChI=1S/C7H7N5O/c1-12-5(4-10-11-12)6-7(13)9-3-2-8-6/h2-4H,1H3,(H,9,13). The molecule has 0 saturated carbocycles. The summed E-state index contributed by atoms with van der Waals surface area (Å²) < 4.78 is 1.50. The van der Waals surface area contributed by atoms with Gasteiger partial charge in [0.05, 0.1) is 6.20 Å². The van der Waals surface area contributed by atoms with Crippen LogP contribution in [0.3, 0.4) is 0 Å². The summed E-state index contributed by atoms with van der Waals surface area (Å²) in [6, 6.07) is 0. The van der Waals surface area contributed by atoms with Crippen molar-refractivity contribution in [2.24, 2.45) is 7.05 Å². The first kappa shape index (κ1) is 7.66. The lowest BCUT2D eigenvalue weighted by Crippen LogP contribution is -2.11. The van der Waals surface area contributed by atoms with Gasteiger partial charge >= 0.3 is 0 Å². The Hall–Kier alpha value is -1.98. The van der Waals surface area contributed by atoms with Gasteiger partial charge in [-0.3, -0.25) is 4.79 Å². The van der Waals surface area contributed by atoms with Gasteiger partial charge in [0.15, 0.2) is 5.69 Å². The summed E-state index contributed by atoms with van der Waals surface area (Å²) in [6.45, 7) is 0. The van der Waals surface area contributed by atoms with Gasteiger partial charge in [0.25, 0.3) is 5.56 Å². The van der Waals surface area contributed by atoms with Crippen molar-refractivity contribution in [3.63, 3.8) is 0 Å². The van der Waals surface area contributed by atoms with Crippen LogP contribution in [0, 0.1) is 0 Å². The van der Waals surface area contributed by atoms with Crippen molar-refractivity contribution in [1.29, 1.82) is 0 Å². The summed E-state index contributed by atoms with van der Waals surface area (Å²) in [7, 11) is 1.70. The van der Waals surface area contributed by atoms with E-state index in [9.17, 15) is 4.79 Å². The monoisotopic (exact) mass is 177 g/mol. The minimum atomic E-state index is -0.243. The summed E-state index contributed by atoms with van der Waals surface area (Å²) in [5.41, 5.74) is 0.685. The largest absolute Gasteiger partial charge is 0.326 e. The minimum Gasteiger partial charge on any atom is -0.326 e. The molecule has 0 aliphatic carbocycles. The Kier molecular flexibility index (Phi) is 1.66. The van der Waals surface area contributed by atoms with E-state index in [1.165, 1.54) is 23.3 Å². The van der Waals surface area contributed by atoms with Crippen molar-refractivity contribution in [1.82, 2.24) is 25.0 Å². The fourth-order valence-electron chi connectivity index (χ4n) is 1.04. The number of aromatic amines is 1. The molecular formula is C7H7N5O. The van der Waals surface area contributed by atoms with Crippen molar-refractivity contribution in [3.8, 4) is 11.4 Å². The third-order valence-electron chi connectivity index (χ3n) is 1.66. The summed E-state index contributed by atoms with van der Waals surface area (Å²) in [4.78, 5) is 17.7. The molecule has 2 heterocycles. The number of hydrogen-bond acceptors (Lipinski definition) is 4. The van der Waals surface area contributed by atoms with Crippen LogP contribution in [0.2, 0.25) is 0 Å². The molecule has 0 amide bonds. The predicted molar refractivity (Wildman–Crippen MR) is 44.9 cm³/mol. The molecule has 6 heteroatoms. The Balaban J connectivity index is 2.66. The first-order chi connectivity index (χ1) is 6.29. The van der Waals surface area contributed by atoms with Crippen molar-refractivity contribution >= 4 is 0 Å². The van der Waals surface area contributed by atoms with Crippen molar-refractivity contribution < 1.29 is 0 Å². The van der Waals surface area contributed by atoms with Crippen LogP contribution < -0.4 is 5.56 Å². The molecule has 0 aromatic carbocycles. The lowest BCUT2D eigenvalue weighted by molar-refractivity contribution is 0.718. The van der Waals surface area contributed by atoms with E-state index < -0.39 is 0 Å². The number of aromatic nitrogens is 5. The van der Waals surface area contributed by atoms with E-state index in [2.05, 4.69) is 20.3 Å². The normalized spacial score (nSPS) is 10.2. The molecule has 13 heavy (non-hydrogen) atoms. The highest BCUT2D eigenvalue weighted by molar-refractivity contribution is 5.50. The van der Waals surface area contributed by atoms with Crippen LogP contribution in [0.1, 0.15) is 0 Å². The number of aryl methyl sites for hydroxylation is 1. The van der Waals surface area contributed by atoms with E-state index >= 15 is 0 Å². The maximum atomic E-state index is 11.3. The average Bonchev–Trinajstić information content (AvgIpc) is 2.52. The van der Waals surface area contributed by atoms with Crippen molar-refractivity contribution in [2.45, 2.75) is 0 Å². The van der Waals surface area contributed by atoms with Gasteiger partial charge in [0.1, 0.15) is 5.69 Å². The maximum absolute atomic E-state index is 11.3. The quantitative estimate of drug-likeness (QED) is 0.641. The summed E-state index contributed by atoms with van der Waals surface area (Å²) in [6.07, 6.45) is 4.50. The molecule has 0 atom stereocenters. The molecule has 1 N–H and O–H groups in total. The molecule has 0 unspecified atom stereocenters. The first-order valence-electron chi connectivity index (χ1n) is 3.68. The molecule has 0 radical (unpaired) electrons. The van der Waals surface area contributed by atoms with E-state index in [-0.39, 0.29) is 5.56 Å². The molecule has 2 rings (SSSR count). The number of hydrogen-bond donors (Lipinski definition) is 1. The van der Waals surface area contributed by atoms with Gasteiger partial charge in [0, 0.05) is 19.4 Å². The molecule has 0 aliphatic heterocycles. The summed E-state index contributed by atoms with van der Waals surface area (Å²) in [5.74, 6) is 0. The van der Waals surface area contributed by atoms with Gasteiger partial charge in [-0.1, -0.05) is 5.21 Å². The van der Waals surface area contributed by atoms with Gasteiger partial charge in [-0.2, -0.15) is 0 Å². The second-order valence-corrected chi connectivity index (χ2v) is 2.51. The van der Waals surface area contributed by atoms with Crippen LogP contribution in [0.25, 0.3) is 11.4 Å². The second kappa shape index (κ2) is 2.81. The Morgan fingerprint density at radius 2 is 2.38 bits per heavy atom. The summed E-state index contributed by atoms with van der Waals surface area (Å²) in [5, 5.41) is 7.37. The van der Waals surface area contributed by atoms with Crippen LogP contribution in [0.4, 0.5) is 0 Å². The first-order valence-corrected chi connectivity index (χ1v) is 3.68. The molecular weight excluding hydrogens is 170 g/mol. The number of nitrogens with zero attached hydrogens (tertiary/aromatic N) is 4. The minimum absolute atomic E-state index is 0.243. The lowest BCUT2D eigenvalue weighted by atomic mass is 10.3. The highest BCUT2D eigenvalue weighted by Gasteiger charge is 2.07. The molecule has 0 bridgehead atoms. The van der Waals surface area contributed by atoms with Gasteiger partial charge in [-0.05, 0) is 0 Å². The molecule has 2 aromatic rings. The third-order valence-corrected chi connectivity index (χ3v) is 1.66.